The van der Waals surface area contributed by atoms with E-state index in [1.54, 1.807) is 0 Å². The molecule has 17 heavy (non-hydrogen) atoms. The number of carboxylic acids is 3. The molecule has 0 bridgehead atoms. The van der Waals surface area contributed by atoms with Crippen LogP contribution in [0.3, 0.4) is 0 Å². The summed E-state index contributed by atoms with van der Waals surface area (Å²) in [5, 5.41) is 26.6. The molecule has 0 heterocycles. The van der Waals surface area contributed by atoms with Crippen molar-refractivity contribution in [3.8, 4) is 0 Å². The second-order valence-corrected chi connectivity index (χ2v) is 3.68. The van der Waals surface area contributed by atoms with Gasteiger partial charge in [0.2, 0.25) is 0 Å². The molecule has 8 nitrogen and oxygen atoms in total. The zero-order chi connectivity index (χ0) is 13.2. The molecule has 1 rings (SSSR count). The minimum Gasteiger partial charge on any atom is -0.481 e. The summed E-state index contributed by atoms with van der Waals surface area (Å²) in [7, 11) is 0. The standard InChI is InChI=1S/C9H10O8/c10-2-17-4-1-3(7(11)12)5(8(13)14)6(4)9(15)16/h2-6H,1H2,(H,11,12)(H,13,14)(H,15,16). The van der Waals surface area contributed by atoms with E-state index in [4.69, 9.17) is 15.3 Å². The number of hydrogen-bond acceptors (Lipinski definition) is 5. The molecule has 0 saturated heterocycles. The molecule has 8 heteroatoms. The lowest BCUT2D eigenvalue weighted by Crippen LogP contribution is -2.35. The molecule has 1 saturated carbocycles. The molecule has 1 aliphatic rings. The SMILES string of the molecule is O=COC1CC(C(=O)O)C(C(=O)O)C1C(=O)O. The summed E-state index contributed by atoms with van der Waals surface area (Å²) < 4.78 is 4.45. The summed E-state index contributed by atoms with van der Waals surface area (Å²) in [5.41, 5.74) is 0. The third kappa shape index (κ3) is 2.35. The van der Waals surface area contributed by atoms with Gasteiger partial charge in [-0.2, -0.15) is 0 Å². The Morgan fingerprint density at radius 3 is 1.88 bits per heavy atom. The summed E-state index contributed by atoms with van der Waals surface area (Å²) in [6.45, 7) is -0.0102. The average molecular weight is 246 g/mol. The van der Waals surface area contributed by atoms with Crippen molar-refractivity contribution in [3.63, 3.8) is 0 Å². The quantitative estimate of drug-likeness (QED) is 0.527. The van der Waals surface area contributed by atoms with Crippen molar-refractivity contribution in [2.24, 2.45) is 17.8 Å². The Hall–Kier alpha value is -2.12. The number of carbonyl (C=O) groups is 4. The molecule has 0 spiro atoms. The minimum atomic E-state index is -1.60. The predicted octanol–water partition coefficient (Wildman–Crippen LogP) is -0.966. The number of aliphatic carboxylic acids is 3. The van der Waals surface area contributed by atoms with E-state index in [9.17, 15) is 19.2 Å². The molecule has 3 N–H and O–H groups in total. The maximum Gasteiger partial charge on any atom is 0.311 e. The van der Waals surface area contributed by atoms with Crippen molar-refractivity contribution in [3.05, 3.63) is 0 Å². The van der Waals surface area contributed by atoms with Gasteiger partial charge in [0.25, 0.3) is 6.47 Å². The molecule has 1 fully saturated rings. The van der Waals surface area contributed by atoms with Crippen LogP contribution in [-0.2, 0) is 23.9 Å². The van der Waals surface area contributed by atoms with Crippen molar-refractivity contribution in [1.29, 1.82) is 0 Å². The molecule has 1 aliphatic carbocycles. The third-order valence-corrected chi connectivity index (χ3v) is 2.83. The van der Waals surface area contributed by atoms with Gasteiger partial charge in [-0.1, -0.05) is 0 Å². The molecule has 0 aromatic rings. The number of carboxylic acid groups (broad SMARTS) is 3. The molecule has 0 radical (unpaired) electrons. The van der Waals surface area contributed by atoms with Crippen LogP contribution in [0.5, 0.6) is 0 Å². The van der Waals surface area contributed by atoms with E-state index in [1.807, 2.05) is 0 Å². The van der Waals surface area contributed by atoms with Crippen LogP contribution in [0.2, 0.25) is 0 Å². The van der Waals surface area contributed by atoms with Crippen molar-refractivity contribution >= 4 is 24.4 Å². The van der Waals surface area contributed by atoms with E-state index in [0.29, 0.717) is 0 Å². The zero-order valence-electron chi connectivity index (χ0n) is 8.48. The molecule has 4 unspecified atom stereocenters. The van der Waals surface area contributed by atoms with Gasteiger partial charge in [-0.05, 0) is 6.42 Å². The fourth-order valence-corrected chi connectivity index (χ4v) is 2.13. The highest BCUT2D eigenvalue weighted by Crippen LogP contribution is 2.39. The van der Waals surface area contributed by atoms with Crippen molar-refractivity contribution in [2.75, 3.05) is 0 Å². The molecule has 0 aliphatic heterocycles. The third-order valence-electron chi connectivity index (χ3n) is 2.83. The summed E-state index contributed by atoms with van der Waals surface area (Å²) in [4.78, 5) is 42.8. The first-order valence-corrected chi connectivity index (χ1v) is 4.67. The van der Waals surface area contributed by atoms with E-state index in [1.165, 1.54) is 0 Å². The Morgan fingerprint density at radius 1 is 1.00 bits per heavy atom. The van der Waals surface area contributed by atoms with Gasteiger partial charge in [-0.15, -0.1) is 0 Å². The van der Waals surface area contributed by atoms with E-state index >= 15 is 0 Å². The summed E-state index contributed by atoms with van der Waals surface area (Å²) in [6.07, 6.45) is -1.55. The number of rotatable bonds is 5. The van der Waals surface area contributed by atoms with Crippen molar-refractivity contribution in [1.82, 2.24) is 0 Å². The van der Waals surface area contributed by atoms with Gasteiger partial charge >= 0.3 is 17.9 Å². The minimum absolute atomic E-state index is 0.0102. The van der Waals surface area contributed by atoms with Crippen LogP contribution in [0.25, 0.3) is 0 Å². The lowest BCUT2D eigenvalue weighted by Gasteiger charge is -2.17. The second kappa shape index (κ2) is 4.81. The Bertz CT molecular complexity index is 362. The largest absolute Gasteiger partial charge is 0.481 e. The normalized spacial score (nSPS) is 31.8. The number of hydrogen-bond donors (Lipinski definition) is 3. The van der Waals surface area contributed by atoms with E-state index < -0.39 is 41.8 Å². The average Bonchev–Trinajstić information content (AvgIpc) is 2.57. The maximum atomic E-state index is 10.9. The van der Waals surface area contributed by atoms with E-state index in [0.717, 1.165) is 0 Å². The molecular formula is C9H10O8. The van der Waals surface area contributed by atoms with Crippen LogP contribution >= 0.6 is 0 Å². The first kappa shape index (κ1) is 12.9. The molecule has 0 aromatic carbocycles. The molecule has 0 aromatic heterocycles. The predicted molar refractivity (Wildman–Crippen MR) is 48.9 cm³/mol. The van der Waals surface area contributed by atoms with Crippen LogP contribution in [0.1, 0.15) is 6.42 Å². The first-order valence-electron chi connectivity index (χ1n) is 4.67. The molecule has 0 amide bonds. The zero-order valence-corrected chi connectivity index (χ0v) is 8.48. The fourth-order valence-electron chi connectivity index (χ4n) is 2.13. The van der Waals surface area contributed by atoms with Gasteiger partial charge in [0.05, 0.1) is 11.8 Å². The highest BCUT2D eigenvalue weighted by Gasteiger charge is 2.55. The van der Waals surface area contributed by atoms with Gasteiger partial charge in [-0.3, -0.25) is 19.2 Å². The molecule has 94 valence electrons. The summed E-state index contributed by atoms with van der Waals surface area (Å²) in [6, 6.07) is 0. The van der Waals surface area contributed by atoms with E-state index in [2.05, 4.69) is 4.74 Å². The highest BCUT2D eigenvalue weighted by molar-refractivity contribution is 5.87. The monoisotopic (exact) mass is 246 g/mol. The van der Waals surface area contributed by atoms with Crippen LogP contribution in [0.4, 0.5) is 0 Å². The van der Waals surface area contributed by atoms with Crippen LogP contribution in [0, 0.1) is 17.8 Å². The van der Waals surface area contributed by atoms with Gasteiger partial charge in [-0.25, -0.2) is 0 Å². The Morgan fingerprint density at radius 2 is 1.53 bits per heavy atom. The first-order chi connectivity index (χ1) is 7.90. The number of carbonyl (C=O) groups excluding carboxylic acids is 1. The maximum absolute atomic E-state index is 10.9. The lowest BCUT2D eigenvalue weighted by atomic mass is 9.89. The lowest BCUT2D eigenvalue weighted by molar-refractivity contribution is -0.160. The van der Waals surface area contributed by atoms with Gasteiger partial charge in [0.15, 0.2) is 0 Å². The van der Waals surface area contributed by atoms with Gasteiger partial charge < -0.3 is 20.1 Å². The number of ether oxygens (including phenoxy) is 1. The summed E-state index contributed by atoms with van der Waals surface area (Å²) >= 11 is 0. The van der Waals surface area contributed by atoms with Crippen LogP contribution in [-0.4, -0.2) is 45.8 Å². The smallest absolute Gasteiger partial charge is 0.311 e. The van der Waals surface area contributed by atoms with Gasteiger partial charge in [0, 0.05) is 0 Å². The Kier molecular flexibility index (Phi) is 3.66. The molecular weight excluding hydrogens is 236 g/mol. The topological polar surface area (TPSA) is 138 Å². The van der Waals surface area contributed by atoms with Gasteiger partial charge in [0.1, 0.15) is 12.0 Å². The van der Waals surface area contributed by atoms with Crippen LogP contribution in [0.15, 0.2) is 0 Å². The highest BCUT2D eigenvalue weighted by atomic mass is 16.5. The Labute approximate surface area is 94.8 Å². The van der Waals surface area contributed by atoms with Crippen molar-refractivity contribution in [2.45, 2.75) is 12.5 Å². The second-order valence-electron chi connectivity index (χ2n) is 3.68. The fraction of sp³-hybridized carbons (Fsp3) is 0.556. The van der Waals surface area contributed by atoms with Crippen LogP contribution < -0.4 is 0 Å². The molecule has 4 atom stereocenters. The Balaban J connectivity index is 3.08. The van der Waals surface area contributed by atoms with E-state index in [-0.39, 0.29) is 12.9 Å². The summed E-state index contributed by atoms with van der Waals surface area (Å²) in [5.74, 6) is -8.96. The van der Waals surface area contributed by atoms with Crippen molar-refractivity contribution < 1.29 is 39.2 Å².